The Kier molecular flexibility index (Phi) is 5.07. The molecule has 3 N–H and O–H groups in total. The molecule has 2 rings (SSSR count). The molecule has 1 aromatic heterocycles. The number of carbonyl (C=O) groups excluding carboxylic acids is 2. The van der Waals surface area contributed by atoms with E-state index < -0.39 is 0 Å². The van der Waals surface area contributed by atoms with Crippen molar-refractivity contribution in [3.8, 4) is 0 Å². The molecular weight excluding hydrogens is 304 g/mol. The first-order chi connectivity index (χ1) is 11.2. The average molecular weight is 328 g/mol. The van der Waals surface area contributed by atoms with Gasteiger partial charge in [0.2, 0.25) is 0 Å². The number of aromatic nitrogens is 2. The fourth-order valence-electron chi connectivity index (χ4n) is 2.14. The normalized spacial score (nSPS) is 11.4. The number of nitrogens with zero attached hydrogens (tertiary/aromatic N) is 1. The van der Waals surface area contributed by atoms with Crippen LogP contribution in [-0.2, 0) is 5.41 Å². The van der Waals surface area contributed by atoms with Crippen LogP contribution in [0.5, 0.6) is 0 Å². The van der Waals surface area contributed by atoms with Crippen molar-refractivity contribution < 1.29 is 9.59 Å². The van der Waals surface area contributed by atoms with Gasteiger partial charge in [-0.25, -0.2) is 0 Å². The van der Waals surface area contributed by atoms with Gasteiger partial charge in [-0.3, -0.25) is 14.7 Å². The van der Waals surface area contributed by atoms with Crippen LogP contribution in [0.3, 0.4) is 0 Å². The highest BCUT2D eigenvalue weighted by Gasteiger charge is 2.20. The second kappa shape index (κ2) is 6.86. The number of carbonyl (C=O) groups is 2. The minimum absolute atomic E-state index is 0.0157. The first-order valence-electron chi connectivity index (χ1n) is 7.95. The Morgan fingerprint density at radius 3 is 2.38 bits per heavy atom. The lowest BCUT2D eigenvalue weighted by atomic mass is 9.92. The Balaban J connectivity index is 2.21. The van der Waals surface area contributed by atoms with Gasteiger partial charge in [0.05, 0.1) is 11.3 Å². The van der Waals surface area contributed by atoms with Gasteiger partial charge in [-0.05, 0) is 32.0 Å². The van der Waals surface area contributed by atoms with Crippen molar-refractivity contribution in [3.05, 3.63) is 47.3 Å². The molecule has 2 aromatic rings. The molecule has 0 aliphatic heterocycles. The van der Waals surface area contributed by atoms with Gasteiger partial charge in [0, 0.05) is 17.2 Å². The average Bonchev–Trinajstić information content (AvgIpc) is 2.97. The number of H-pyrrole nitrogens is 1. The molecule has 6 nitrogen and oxygen atoms in total. The largest absolute Gasteiger partial charge is 0.350 e. The van der Waals surface area contributed by atoms with Gasteiger partial charge in [-0.1, -0.05) is 32.9 Å². The van der Waals surface area contributed by atoms with Gasteiger partial charge < -0.3 is 10.6 Å². The van der Waals surface area contributed by atoms with Crippen molar-refractivity contribution >= 4 is 17.5 Å². The van der Waals surface area contributed by atoms with Gasteiger partial charge in [0.15, 0.2) is 5.69 Å². The number of benzene rings is 1. The van der Waals surface area contributed by atoms with Gasteiger partial charge in [-0.15, -0.1) is 0 Å². The molecule has 0 spiro atoms. The maximum Gasteiger partial charge on any atom is 0.276 e. The number of rotatable bonds is 4. The topological polar surface area (TPSA) is 86.9 Å². The number of aromatic amines is 1. The minimum atomic E-state index is -0.355. The molecule has 2 amide bonds. The van der Waals surface area contributed by atoms with Crippen LogP contribution >= 0.6 is 0 Å². The molecule has 1 aromatic carbocycles. The van der Waals surface area contributed by atoms with E-state index >= 15 is 0 Å². The van der Waals surface area contributed by atoms with Gasteiger partial charge >= 0.3 is 0 Å². The molecule has 0 saturated carbocycles. The fraction of sp³-hybridized carbons (Fsp3) is 0.389. The summed E-state index contributed by atoms with van der Waals surface area (Å²) >= 11 is 0. The molecule has 0 aliphatic rings. The van der Waals surface area contributed by atoms with Crippen LogP contribution in [0.15, 0.2) is 30.3 Å². The summed E-state index contributed by atoms with van der Waals surface area (Å²) in [6.07, 6.45) is 0. The zero-order valence-corrected chi connectivity index (χ0v) is 14.7. The number of hydrogen-bond acceptors (Lipinski definition) is 3. The van der Waals surface area contributed by atoms with Crippen molar-refractivity contribution in [2.75, 3.05) is 5.32 Å². The monoisotopic (exact) mass is 328 g/mol. The van der Waals surface area contributed by atoms with E-state index in [9.17, 15) is 9.59 Å². The highest BCUT2D eigenvalue weighted by atomic mass is 16.2. The number of nitrogens with one attached hydrogen (secondary N) is 3. The van der Waals surface area contributed by atoms with Gasteiger partial charge in [0.25, 0.3) is 11.8 Å². The van der Waals surface area contributed by atoms with Crippen LogP contribution < -0.4 is 10.6 Å². The third-order valence-corrected chi connectivity index (χ3v) is 3.46. The predicted molar refractivity (Wildman–Crippen MR) is 94.3 cm³/mol. The van der Waals surface area contributed by atoms with E-state index in [1.165, 1.54) is 0 Å². The molecule has 0 aliphatic carbocycles. The molecule has 0 saturated heterocycles. The lowest BCUT2D eigenvalue weighted by Gasteiger charge is -2.14. The van der Waals surface area contributed by atoms with Crippen LogP contribution in [0.25, 0.3) is 0 Å². The maximum absolute atomic E-state index is 12.4. The summed E-state index contributed by atoms with van der Waals surface area (Å²) < 4.78 is 0. The molecule has 0 atom stereocenters. The zero-order chi connectivity index (χ0) is 17.9. The van der Waals surface area contributed by atoms with Crippen LogP contribution in [0, 0.1) is 0 Å². The summed E-state index contributed by atoms with van der Waals surface area (Å²) in [7, 11) is 0. The van der Waals surface area contributed by atoms with E-state index in [2.05, 4.69) is 20.8 Å². The van der Waals surface area contributed by atoms with Crippen LogP contribution in [0.4, 0.5) is 5.69 Å². The van der Waals surface area contributed by atoms with E-state index in [0.717, 1.165) is 5.69 Å². The molecule has 0 radical (unpaired) electrons. The molecule has 1 heterocycles. The van der Waals surface area contributed by atoms with Crippen molar-refractivity contribution in [1.82, 2.24) is 15.5 Å². The first-order valence-corrected chi connectivity index (χ1v) is 7.95. The van der Waals surface area contributed by atoms with Crippen molar-refractivity contribution in [2.45, 2.75) is 46.1 Å². The number of anilines is 1. The van der Waals surface area contributed by atoms with Crippen LogP contribution in [-0.4, -0.2) is 28.1 Å². The molecule has 0 unspecified atom stereocenters. The molecule has 0 fully saturated rings. The minimum Gasteiger partial charge on any atom is -0.350 e. The Bertz CT molecular complexity index is 741. The fourth-order valence-corrected chi connectivity index (χ4v) is 2.14. The maximum atomic E-state index is 12.4. The summed E-state index contributed by atoms with van der Waals surface area (Å²) in [4.78, 5) is 24.7. The Hall–Kier alpha value is -2.63. The highest BCUT2D eigenvalue weighted by Crippen LogP contribution is 2.21. The Morgan fingerprint density at radius 1 is 1.12 bits per heavy atom. The number of para-hydroxylation sites is 1. The second-order valence-electron chi connectivity index (χ2n) is 7.04. The standard InChI is InChI=1S/C18H24N4O2/c1-11(2)19-16(23)12-8-6-7-9-13(12)20-17(24)14-10-15(22-21-14)18(3,4)5/h6-11H,1-5H3,(H,19,23)(H,20,24)(H,21,22). The predicted octanol–water partition coefficient (Wildman–Crippen LogP) is 3.10. The molecular formula is C18H24N4O2. The molecule has 0 bridgehead atoms. The van der Waals surface area contributed by atoms with E-state index in [1.807, 2.05) is 34.6 Å². The Morgan fingerprint density at radius 2 is 1.79 bits per heavy atom. The van der Waals surface area contributed by atoms with Crippen LogP contribution in [0.2, 0.25) is 0 Å². The van der Waals surface area contributed by atoms with Crippen LogP contribution in [0.1, 0.15) is 61.2 Å². The highest BCUT2D eigenvalue weighted by molar-refractivity contribution is 6.08. The summed E-state index contributed by atoms with van der Waals surface area (Å²) in [6.45, 7) is 9.88. The molecule has 6 heteroatoms. The van der Waals surface area contributed by atoms with E-state index in [-0.39, 0.29) is 23.3 Å². The summed E-state index contributed by atoms with van der Waals surface area (Å²) in [5.41, 5.74) is 1.92. The van der Waals surface area contributed by atoms with E-state index in [4.69, 9.17) is 0 Å². The van der Waals surface area contributed by atoms with E-state index in [1.54, 1.807) is 30.3 Å². The van der Waals surface area contributed by atoms with Crippen molar-refractivity contribution in [1.29, 1.82) is 0 Å². The molecule has 24 heavy (non-hydrogen) atoms. The summed E-state index contributed by atoms with van der Waals surface area (Å²) in [6, 6.07) is 8.65. The summed E-state index contributed by atoms with van der Waals surface area (Å²) in [5.74, 6) is -0.579. The number of hydrogen-bond donors (Lipinski definition) is 3. The van der Waals surface area contributed by atoms with Gasteiger partial charge in [-0.2, -0.15) is 5.10 Å². The smallest absolute Gasteiger partial charge is 0.276 e. The van der Waals surface area contributed by atoms with Crippen molar-refractivity contribution in [2.24, 2.45) is 0 Å². The molecule has 128 valence electrons. The third kappa shape index (κ3) is 4.22. The lowest BCUT2D eigenvalue weighted by Crippen LogP contribution is -2.31. The Labute approximate surface area is 142 Å². The lowest BCUT2D eigenvalue weighted by molar-refractivity contribution is 0.0944. The SMILES string of the molecule is CC(C)NC(=O)c1ccccc1NC(=O)c1cc(C(C)(C)C)[nH]n1. The first kappa shape index (κ1) is 17.7. The zero-order valence-electron chi connectivity index (χ0n) is 14.7. The van der Waals surface area contributed by atoms with Gasteiger partial charge in [0.1, 0.15) is 0 Å². The van der Waals surface area contributed by atoms with E-state index in [0.29, 0.717) is 16.9 Å². The number of amides is 2. The third-order valence-electron chi connectivity index (χ3n) is 3.46. The summed E-state index contributed by atoms with van der Waals surface area (Å²) in [5, 5.41) is 12.5. The van der Waals surface area contributed by atoms with Crippen molar-refractivity contribution in [3.63, 3.8) is 0 Å². The second-order valence-corrected chi connectivity index (χ2v) is 7.04. The quantitative estimate of drug-likeness (QED) is 0.806.